The van der Waals surface area contributed by atoms with Gasteiger partial charge in [-0.05, 0) is 77.4 Å². The van der Waals surface area contributed by atoms with Crippen LogP contribution in [-0.4, -0.2) is 53.4 Å². The third kappa shape index (κ3) is 5.99. The molecule has 1 aliphatic carbocycles. The number of benzene rings is 1. The normalized spacial score (nSPS) is 20.4. The minimum absolute atomic E-state index is 0.0482. The summed E-state index contributed by atoms with van der Waals surface area (Å²) in [7, 11) is 4.22. The first-order valence-electron chi connectivity index (χ1n) is 11.4. The number of nitrogens with zero attached hydrogens (tertiary/aromatic N) is 3. The first-order valence-corrected chi connectivity index (χ1v) is 11.4. The van der Waals surface area contributed by atoms with E-state index >= 15 is 0 Å². The Kier molecular flexibility index (Phi) is 8.16. The number of imidazole rings is 1. The van der Waals surface area contributed by atoms with Gasteiger partial charge in [-0.3, -0.25) is 9.13 Å². The predicted molar refractivity (Wildman–Crippen MR) is 123 cm³/mol. The fourth-order valence-corrected chi connectivity index (χ4v) is 4.43. The highest BCUT2D eigenvalue weighted by atomic mass is 16.5. The fraction of sp³-hybridized carbons (Fsp3) is 0.625. The van der Waals surface area contributed by atoms with E-state index in [2.05, 4.69) is 38.2 Å². The van der Waals surface area contributed by atoms with Crippen molar-refractivity contribution in [3.05, 3.63) is 47.1 Å². The first kappa shape index (κ1) is 22.6. The Balaban J connectivity index is 1.58. The van der Waals surface area contributed by atoms with Crippen molar-refractivity contribution >= 4 is 0 Å². The summed E-state index contributed by atoms with van der Waals surface area (Å²) in [6.45, 7) is 6.18. The molecule has 1 unspecified atom stereocenters. The lowest BCUT2D eigenvalue weighted by Crippen LogP contribution is -2.44. The number of nitrogens with one attached hydrogen (secondary N) is 1. The van der Waals surface area contributed by atoms with Crippen molar-refractivity contribution in [3.8, 4) is 11.4 Å². The molecule has 0 spiro atoms. The van der Waals surface area contributed by atoms with Crippen molar-refractivity contribution in [2.45, 2.75) is 70.5 Å². The van der Waals surface area contributed by atoms with E-state index in [0.717, 1.165) is 63.1 Å². The third-order valence-electron chi connectivity index (χ3n) is 5.93. The predicted octanol–water partition coefficient (Wildman–Crippen LogP) is 3.84. The van der Waals surface area contributed by atoms with Crippen LogP contribution in [0.15, 0.2) is 41.5 Å². The van der Waals surface area contributed by atoms with E-state index in [-0.39, 0.29) is 11.7 Å². The standard InChI is InChI=1S/C24H38N4O2/c1-5-6-17-30-23-13-11-22(12-14-23)28-16-15-27(24(28)29)21-9-7-20(8-10-21)25-19(2)18-26(3)4/h11-16,19-21,25H,5-10,17-18H2,1-4H3. The number of unbranched alkanes of at least 4 members (excludes halogenated alkanes) is 1. The summed E-state index contributed by atoms with van der Waals surface area (Å²) in [6, 6.07) is 9.13. The van der Waals surface area contributed by atoms with Crippen LogP contribution in [0.1, 0.15) is 58.4 Å². The lowest BCUT2D eigenvalue weighted by Gasteiger charge is -2.32. The van der Waals surface area contributed by atoms with Crippen LogP contribution in [0.3, 0.4) is 0 Å². The number of hydrogen-bond donors (Lipinski definition) is 1. The maximum Gasteiger partial charge on any atom is 0.332 e. The summed E-state index contributed by atoms with van der Waals surface area (Å²) >= 11 is 0. The van der Waals surface area contributed by atoms with E-state index in [1.807, 2.05) is 41.2 Å². The Labute approximate surface area is 180 Å². The second kappa shape index (κ2) is 10.8. The van der Waals surface area contributed by atoms with E-state index in [9.17, 15) is 4.79 Å². The number of rotatable bonds is 10. The van der Waals surface area contributed by atoms with Crippen LogP contribution in [-0.2, 0) is 0 Å². The average molecular weight is 415 g/mol. The smallest absolute Gasteiger partial charge is 0.332 e. The molecule has 1 heterocycles. The molecule has 6 nitrogen and oxygen atoms in total. The van der Waals surface area contributed by atoms with Crippen LogP contribution in [0.2, 0.25) is 0 Å². The molecule has 1 aromatic carbocycles. The molecule has 0 saturated heterocycles. The van der Waals surface area contributed by atoms with Crippen molar-refractivity contribution in [2.75, 3.05) is 27.2 Å². The molecule has 6 heteroatoms. The number of aromatic nitrogens is 2. The maximum absolute atomic E-state index is 13.0. The second-order valence-electron chi connectivity index (χ2n) is 8.89. The highest BCUT2D eigenvalue weighted by Gasteiger charge is 2.24. The van der Waals surface area contributed by atoms with Gasteiger partial charge in [-0.25, -0.2) is 4.79 Å². The lowest BCUT2D eigenvalue weighted by atomic mass is 9.90. The summed E-state index contributed by atoms with van der Waals surface area (Å²) in [5.41, 5.74) is 0.932. The van der Waals surface area contributed by atoms with Gasteiger partial charge in [0, 0.05) is 37.1 Å². The van der Waals surface area contributed by atoms with Gasteiger partial charge < -0.3 is 15.0 Å². The van der Waals surface area contributed by atoms with Gasteiger partial charge in [-0.1, -0.05) is 13.3 Å². The SMILES string of the molecule is CCCCOc1ccc(-n2ccn(C3CCC(NC(C)CN(C)C)CC3)c2=O)cc1. The molecular weight excluding hydrogens is 376 g/mol. The highest BCUT2D eigenvalue weighted by molar-refractivity contribution is 5.37. The van der Waals surface area contributed by atoms with Gasteiger partial charge in [-0.15, -0.1) is 0 Å². The topological polar surface area (TPSA) is 51.4 Å². The summed E-state index contributed by atoms with van der Waals surface area (Å²) in [6.07, 6.45) is 10.3. The molecule has 1 aliphatic rings. The largest absolute Gasteiger partial charge is 0.494 e. The minimum atomic E-state index is 0.0482. The molecule has 1 atom stereocenters. The van der Waals surface area contributed by atoms with Gasteiger partial charge in [0.2, 0.25) is 0 Å². The van der Waals surface area contributed by atoms with Gasteiger partial charge in [-0.2, -0.15) is 0 Å². The number of ether oxygens (including phenoxy) is 1. The molecule has 2 aromatic rings. The molecule has 0 amide bonds. The number of hydrogen-bond acceptors (Lipinski definition) is 4. The van der Waals surface area contributed by atoms with Crippen molar-refractivity contribution in [1.29, 1.82) is 0 Å². The van der Waals surface area contributed by atoms with E-state index in [1.54, 1.807) is 4.57 Å². The second-order valence-corrected chi connectivity index (χ2v) is 8.89. The molecule has 1 N–H and O–H groups in total. The minimum Gasteiger partial charge on any atom is -0.494 e. The van der Waals surface area contributed by atoms with Crippen LogP contribution in [0.5, 0.6) is 5.75 Å². The van der Waals surface area contributed by atoms with Crippen LogP contribution >= 0.6 is 0 Å². The Morgan fingerprint density at radius 1 is 1.13 bits per heavy atom. The molecule has 1 saturated carbocycles. The molecule has 0 radical (unpaired) electrons. The Hall–Kier alpha value is -2.05. The van der Waals surface area contributed by atoms with Gasteiger partial charge in [0.15, 0.2) is 0 Å². The van der Waals surface area contributed by atoms with Crippen LogP contribution in [0.25, 0.3) is 5.69 Å². The van der Waals surface area contributed by atoms with Crippen LogP contribution in [0.4, 0.5) is 0 Å². The fourth-order valence-electron chi connectivity index (χ4n) is 4.43. The third-order valence-corrected chi connectivity index (χ3v) is 5.93. The lowest BCUT2D eigenvalue weighted by molar-refractivity contribution is 0.255. The van der Waals surface area contributed by atoms with Crippen molar-refractivity contribution < 1.29 is 4.74 Å². The summed E-state index contributed by atoms with van der Waals surface area (Å²) in [4.78, 5) is 15.2. The molecule has 1 fully saturated rings. The van der Waals surface area contributed by atoms with Crippen LogP contribution < -0.4 is 15.7 Å². The van der Waals surface area contributed by atoms with E-state index in [1.165, 1.54) is 0 Å². The average Bonchev–Trinajstić information content (AvgIpc) is 3.10. The first-order chi connectivity index (χ1) is 14.5. The maximum atomic E-state index is 13.0. The molecule has 1 aromatic heterocycles. The molecule has 0 aliphatic heterocycles. The van der Waals surface area contributed by atoms with Gasteiger partial charge >= 0.3 is 5.69 Å². The summed E-state index contributed by atoms with van der Waals surface area (Å²) < 4.78 is 9.38. The molecule has 166 valence electrons. The van der Waals surface area contributed by atoms with E-state index in [4.69, 9.17) is 4.74 Å². The Bertz CT molecular complexity index is 816. The monoisotopic (exact) mass is 414 g/mol. The van der Waals surface area contributed by atoms with Crippen molar-refractivity contribution in [3.63, 3.8) is 0 Å². The Morgan fingerprint density at radius 2 is 1.83 bits per heavy atom. The highest BCUT2D eigenvalue weighted by Crippen LogP contribution is 2.28. The quantitative estimate of drug-likeness (QED) is 0.600. The van der Waals surface area contributed by atoms with Gasteiger partial charge in [0.05, 0.1) is 12.3 Å². The van der Waals surface area contributed by atoms with E-state index in [0.29, 0.717) is 12.1 Å². The molecule has 30 heavy (non-hydrogen) atoms. The van der Waals surface area contributed by atoms with Crippen LogP contribution in [0, 0.1) is 0 Å². The van der Waals surface area contributed by atoms with E-state index < -0.39 is 0 Å². The van der Waals surface area contributed by atoms with Gasteiger partial charge in [0.1, 0.15) is 5.75 Å². The Morgan fingerprint density at radius 3 is 2.47 bits per heavy atom. The zero-order valence-corrected chi connectivity index (χ0v) is 19.0. The number of likely N-dealkylation sites (N-methyl/N-ethyl adjacent to an activating group) is 1. The molecular formula is C24H38N4O2. The van der Waals surface area contributed by atoms with Crippen molar-refractivity contribution in [1.82, 2.24) is 19.4 Å². The van der Waals surface area contributed by atoms with Gasteiger partial charge in [0.25, 0.3) is 0 Å². The molecule has 0 bridgehead atoms. The zero-order valence-electron chi connectivity index (χ0n) is 19.0. The van der Waals surface area contributed by atoms with Crippen molar-refractivity contribution in [2.24, 2.45) is 0 Å². The summed E-state index contributed by atoms with van der Waals surface area (Å²) in [5.74, 6) is 0.856. The zero-order chi connectivity index (χ0) is 21.5. The summed E-state index contributed by atoms with van der Waals surface area (Å²) in [5, 5.41) is 3.75. The molecule has 3 rings (SSSR count).